The lowest BCUT2D eigenvalue weighted by Crippen LogP contribution is -2.60. The molecule has 1 saturated carbocycles. The van der Waals surface area contributed by atoms with Gasteiger partial charge in [0.15, 0.2) is 23.9 Å². The van der Waals surface area contributed by atoms with Crippen molar-refractivity contribution in [2.75, 3.05) is 26.8 Å². The monoisotopic (exact) mass is 836 g/mol. The van der Waals surface area contributed by atoms with Crippen LogP contribution in [0.4, 0.5) is 13.6 Å². The number of alkyl halides is 2. The zero-order valence-corrected chi connectivity index (χ0v) is 34.1. The number of esters is 1. The highest BCUT2D eigenvalue weighted by atomic mass is 35.5. The Labute approximate surface area is 340 Å². The highest BCUT2D eigenvalue weighted by Crippen LogP contribution is 2.38. The van der Waals surface area contributed by atoms with E-state index in [0.717, 1.165) is 25.2 Å². The van der Waals surface area contributed by atoms with Crippen LogP contribution in [-0.4, -0.2) is 78.9 Å². The average molecular weight is 838 g/mol. The molecule has 57 heavy (non-hydrogen) atoms. The summed E-state index contributed by atoms with van der Waals surface area (Å²) in [5.41, 5.74) is 7.03. The minimum Gasteiger partial charge on any atom is -0.619 e. The standard InChI is InChI=1S/C40H48Cl2F2N4O9/c1-22-18-48(39(51)57-40(3,4)5)23(2)17-47(22)36(49)16-31(45)28-13-26(10-11-32(28)53-6)37(50)55-34(15-27-29(41)19-46(52)20-30(27)42)25-9-12-33(56-38(43)44)35(14-25)54-21-24-7-8-24/h9-14,19-20,22-24,31,34,38H,7-8,15-18,21,45H2,1-6H3/t22-,23+,31?,34-/m0/s1. The van der Waals surface area contributed by atoms with Crippen LogP contribution in [0.3, 0.4) is 0 Å². The van der Waals surface area contributed by atoms with Gasteiger partial charge in [0.25, 0.3) is 0 Å². The van der Waals surface area contributed by atoms with Crippen molar-refractivity contribution in [2.24, 2.45) is 11.7 Å². The Kier molecular flexibility index (Phi) is 14.0. The van der Waals surface area contributed by atoms with Crippen molar-refractivity contribution in [3.8, 4) is 17.2 Å². The first kappa shape index (κ1) is 43.5. The second kappa shape index (κ2) is 18.3. The van der Waals surface area contributed by atoms with Gasteiger partial charge in [-0.3, -0.25) is 4.79 Å². The summed E-state index contributed by atoms with van der Waals surface area (Å²) in [6.07, 6.45) is 2.27. The largest absolute Gasteiger partial charge is 0.619 e. The van der Waals surface area contributed by atoms with E-state index in [4.69, 9.17) is 52.6 Å². The summed E-state index contributed by atoms with van der Waals surface area (Å²) in [7, 11) is 1.43. The predicted octanol–water partition coefficient (Wildman–Crippen LogP) is 7.41. The van der Waals surface area contributed by atoms with E-state index in [1.54, 1.807) is 30.6 Å². The normalized spacial score (nSPS) is 18.2. The lowest BCUT2D eigenvalue weighted by atomic mass is 9.98. The van der Waals surface area contributed by atoms with Gasteiger partial charge < -0.3 is 44.4 Å². The van der Waals surface area contributed by atoms with Crippen molar-refractivity contribution >= 4 is 41.2 Å². The number of pyridine rings is 1. The maximum atomic E-state index is 14.0. The van der Waals surface area contributed by atoms with Gasteiger partial charge in [-0.15, -0.1) is 0 Å². The summed E-state index contributed by atoms with van der Waals surface area (Å²) in [6, 6.07) is 7.15. The van der Waals surface area contributed by atoms with Crippen LogP contribution in [0.5, 0.6) is 17.2 Å². The molecule has 1 unspecified atom stereocenters. The number of methoxy groups -OCH3 is 1. The Morgan fingerprint density at radius 3 is 2.21 bits per heavy atom. The summed E-state index contributed by atoms with van der Waals surface area (Å²) in [6.45, 7) is 6.77. The van der Waals surface area contributed by atoms with E-state index >= 15 is 0 Å². The number of amides is 2. The van der Waals surface area contributed by atoms with Gasteiger partial charge in [-0.1, -0.05) is 29.3 Å². The molecule has 0 radical (unpaired) electrons. The molecule has 4 atom stereocenters. The highest BCUT2D eigenvalue weighted by Gasteiger charge is 2.37. The zero-order chi connectivity index (χ0) is 41.8. The minimum absolute atomic E-state index is 0.0127. The number of carbonyl (C=O) groups is 3. The van der Waals surface area contributed by atoms with Gasteiger partial charge in [-0.25, -0.2) is 9.59 Å². The van der Waals surface area contributed by atoms with Crippen LogP contribution in [-0.2, 0) is 20.7 Å². The summed E-state index contributed by atoms with van der Waals surface area (Å²) in [5, 5.41) is 12.0. The Hall–Kier alpha value is -4.60. The SMILES string of the molecule is COc1ccc(C(=O)O[C@@H](Cc2c(Cl)c[n+]([O-])cc2Cl)c2ccc(OC(F)F)c(OCC3CC3)c2)cc1C(N)CC(=O)N1C[C@@H](C)N(C(=O)OC(C)(C)C)C[C@@H]1C. The summed E-state index contributed by atoms with van der Waals surface area (Å²) in [5.74, 6) is -0.607. The van der Waals surface area contributed by atoms with Crippen LogP contribution in [0.2, 0.25) is 10.0 Å². The molecule has 2 N–H and O–H groups in total. The van der Waals surface area contributed by atoms with Crippen molar-refractivity contribution < 1.29 is 51.6 Å². The van der Waals surface area contributed by atoms with Gasteiger partial charge in [-0.2, -0.15) is 13.5 Å². The molecule has 1 aliphatic carbocycles. The van der Waals surface area contributed by atoms with Crippen molar-refractivity contribution in [3.63, 3.8) is 0 Å². The summed E-state index contributed by atoms with van der Waals surface area (Å²) in [4.78, 5) is 43.8. The van der Waals surface area contributed by atoms with Crippen LogP contribution >= 0.6 is 23.2 Å². The third-order valence-corrected chi connectivity index (χ3v) is 10.3. The molecule has 17 heteroatoms. The number of nitrogens with zero attached hydrogens (tertiary/aromatic N) is 3. The lowest BCUT2D eigenvalue weighted by molar-refractivity contribution is -0.605. The molecule has 0 bridgehead atoms. The minimum atomic E-state index is -3.11. The van der Waals surface area contributed by atoms with Crippen molar-refractivity contribution in [3.05, 3.63) is 86.3 Å². The maximum absolute atomic E-state index is 14.0. The van der Waals surface area contributed by atoms with Crippen molar-refractivity contribution in [1.82, 2.24) is 9.80 Å². The fourth-order valence-corrected chi connectivity index (χ4v) is 7.07. The van der Waals surface area contributed by atoms with E-state index in [-0.39, 0.29) is 83.6 Å². The maximum Gasteiger partial charge on any atom is 0.410 e. The molecular formula is C40H48Cl2F2N4O9. The van der Waals surface area contributed by atoms with Crippen molar-refractivity contribution in [2.45, 2.75) is 96.7 Å². The zero-order valence-electron chi connectivity index (χ0n) is 32.6. The fraction of sp³-hybridized carbons (Fsp3) is 0.500. The van der Waals surface area contributed by atoms with Gasteiger partial charge in [-0.05, 0) is 89.3 Å². The molecule has 2 heterocycles. The van der Waals surface area contributed by atoms with E-state index in [1.165, 1.54) is 43.5 Å². The first-order valence-electron chi connectivity index (χ1n) is 18.5. The van der Waals surface area contributed by atoms with E-state index in [2.05, 4.69) is 0 Å². The van der Waals surface area contributed by atoms with Gasteiger partial charge in [0.2, 0.25) is 5.91 Å². The van der Waals surface area contributed by atoms with E-state index in [0.29, 0.717) is 27.2 Å². The average Bonchev–Trinajstić information content (AvgIpc) is 3.96. The lowest BCUT2D eigenvalue weighted by Gasteiger charge is -2.44. The third-order valence-electron chi connectivity index (χ3n) is 9.62. The fourth-order valence-electron chi connectivity index (χ4n) is 6.47. The molecule has 3 aromatic rings. The number of aromatic nitrogens is 1. The number of halogens is 4. The molecule has 1 saturated heterocycles. The molecule has 0 spiro atoms. The molecule has 2 fully saturated rings. The number of hydrogen-bond donors (Lipinski definition) is 1. The number of rotatable bonds is 14. The van der Waals surface area contributed by atoms with Crippen LogP contribution in [0.15, 0.2) is 48.8 Å². The number of benzene rings is 2. The summed E-state index contributed by atoms with van der Waals surface area (Å²) < 4.78 is 54.8. The number of nitrogens with two attached hydrogens (primary N) is 1. The second-order valence-corrected chi connectivity index (χ2v) is 16.2. The van der Waals surface area contributed by atoms with Gasteiger partial charge in [0, 0.05) is 55.2 Å². The van der Waals surface area contributed by atoms with E-state index in [1.807, 2.05) is 13.8 Å². The molecule has 2 aromatic carbocycles. The predicted molar refractivity (Wildman–Crippen MR) is 207 cm³/mol. The third kappa shape index (κ3) is 11.5. The van der Waals surface area contributed by atoms with Gasteiger partial charge >= 0.3 is 18.7 Å². The van der Waals surface area contributed by atoms with Crippen LogP contribution in [0.25, 0.3) is 0 Å². The Morgan fingerprint density at radius 2 is 1.60 bits per heavy atom. The molecule has 13 nitrogen and oxygen atoms in total. The first-order chi connectivity index (χ1) is 26.8. The number of hydrogen-bond acceptors (Lipinski definition) is 10. The van der Waals surface area contributed by atoms with Gasteiger partial charge in [0.1, 0.15) is 27.5 Å². The first-order valence-corrected chi connectivity index (χ1v) is 19.3. The van der Waals surface area contributed by atoms with E-state index < -0.39 is 36.4 Å². The Balaban J connectivity index is 1.38. The van der Waals surface area contributed by atoms with E-state index in [9.17, 15) is 28.4 Å². The van der Waals surface area contributed by atoms with Gasteiger partial charge in [0.05, 0.1) is 19.3 Å². The molecule has 5 rings (SSSR count). The van der Waals surface area contributed by atoms with Crippen LogP contribution in [0.1, 0.15) is 93.1 Å². The Bertz CT molecular complexity index is 1920. The number of ether oxygens (including phenoxy) is 5. The Morgan fingerprint density at radius 1 is 0.965 bits per heavy atom. The quantitative estimate of drug-likeness (QED) is 0.0986. The second-order valence-electron chi connectivity index (χ2n) is 15.4. The molecule has 1 aliphatic heterocycles. The molecule has 1 aromatic heterocycles. The molecular weight excluding hydrogens is 789 g/mol. The van der Waals surface area contributed by atoms with Crippen LogP contribution in [0, 0.1) is 11.1 Å². The number of carbonyl (C=O) groups excluding carboxylic acids is 3. The topological polar surface area (TPSA) is 157 Å². The smallest absolute Gasteiger partial charge is 0.410 e. The molecule has 2 amide bonds. The molecule has 2 aliphatic rings. The molecule has 310 valence electrons. The van der Waals surface area contributed by atoms with Crippen molar-refractivity contribution in [1.29, 1.82) is 0 Å². The summed E-state index contributed by atoms with van der Waals surface area (Å²) >= 11 is 12.8. The highest BCUT2D eigenvalue weighted by molar-refractivity contribution is 6.35. The van der Waals surface area contributed by atoms with Crippen LogP contribution < -0.4 is 24.7 Å². The number of piperazine rings is 1.